The van der Waals surface area contributed by atoms with Gasteiger partial charge in [-0.05, 0) is 38.2 Å². The molecule has 0 fully saturated rings. The van der Waals surface area contributed by atoms with Crippen LogP contribution in [0.4, 0.5) is 0 Å². The van der Waals surface area contributed by atoms with Crippen LogP contribution in [0, 0.1) is 0 Å². The molecule has 0 saturated carbocycles. The molecular weight excluding hydrogens is 536 g/mol. The number of nitrogens with one attached hydrogen (secondary N) is 3. The number of aliphatic hydroxyl groups is 1. The van der Waals surface area contributed by atoms with Crippen LogP contribution in [0.3, 0.4) is 0 Å². The number of aliphatic carboxylic acids is 1. The topological polar surface area (TPSA) is 300 Å². The molecule has 3 amide bonds. The number of amides is 3. The largest absolute Gasteiger partial charge is 0.480 e. The SMILES string of the molecule is CC(O)C(NC(=O)C(Cc1ccccc1)NC(=O)C(N)CCCN=C(N)N)C(=O)NC(CCCN=C(N)N)C(=O)O. The van der Waals surface area contributed by atoms with Gasteiger partial charge >= 0.3 is 5.97 Å². The Morgan fingerprint density at radius 3 is 1.85 bits per heavy atom. The van der Waals surface area contributed by atoms with Crippen LogP contribution in [-0.2, 0) is 25.6 Å². The van der Waals surface area contributed by atoms with Gasteiger partial charge in [-0.1, -0.05) is 30.3 Å². The molecule has 16 heteroatoms. The second kappa shape index (κ2) is 18.0. The lowest BCUT2D eigenvalue weighted by molar-refractivity contribution is -0.143. The highest BCUT2D eigenvalue weighted by atomic mass is 16.4. The number of carboxylic acid groups (broad SMARTS) is 1. The van der Waals surface area contributed by atoms with Gasteiger partial charge in [-0.15, -0.1) is 0 Å². The quantitative estimate of drug-likeness (QED) is 0.0464. The highest BCUT2D eigenvalue weighted by Crippen LogP contribution is 2.07. The van der Waals surface area contributed by atoms with Crippen molar-refractivity contribution in [3.63, 3.8) is 0 Å². The van der Waals surface area contributed by atoms with Gasteiger partial charge < -0.3 is 54.8 Å². The van der Waals surface area contributed by atoms with E-state index in [0.29, 0.717) is 12.0 Å². The van der Waals surface area contributed by atoms with Crippen molar-refractivity contribution in [2.24, 2.45) is 38.7 Å². The first-order valence-electron chi connectivity index (χ1n) is 13.0. The number of carbonyl (C=O) groups is 4. The van der Waals surface area contributed by atoms with E-state index in [9.17, 15) is 29.4 Å². The summed E-state index contributed by atoms with van der Waals surface area (Å²) in [5.41, 5.74) is 27.8. The Hall–Kier alpha value is -4.44. The van der Waals surface area contributed by atoms with Gasteiger partial charge in [-0.3, -0.25) is 24.4 Å². The summed E-state index contributed by atoms with van der Waals surface area (Å²) in [6.45, 7) is 1.68. The van der Waals surface area contributed by atoms with Gasteiger partial charge in [0.15, 0.2) is 11.9 Å². The van der Waals surface area contributed by atoms with E-state index in [4.69, 9.17) is 28.7 Å². The van der Waals surface area contributed by atoms with Gasteiger partial charge in [0.2, 0.25) is 17.7 Å². The molecule has 228 valence electrons. The normalized spacial score (nSPS) is 14.3. The molecule has 0 aromatic heterocycles. The lowest BCUT2D eigenvalue weighted by Gasteiger charge is -2.26. The number of rotatable bonds is 18. The summed E-state index contributed by atoms with van der Waals surface area (Å²) in [5, 5.41) is 27.1. The molecule has 0 heterocycles. The first-order valence-corrected chi connectivity index (χ1v) is 13.0. The number of nitrogens with zero attached hydrogens (tertiary/aromatic N) is 2. The molecule has 16 nitrogen and oxygen atoms in total. The second-order valence-electron chi connectivity index (χ2n) is 9.38. The van der Waals surface area contributed by atoms with Gasteiger partial charge in [-0.2, -0.15) is 0 Å². The fraction of sp³-hybridized carbons (Fsp3) is 0.520. The fourth-order valence-corrected chi connectivity index (χ4v) is 3.67. The Balaban J connectivity index is 2.98. The number of nitrogens with two attached hydrogens (primary N) is 5. The molecule has 0 bridgehead atoms. The minimum absolute atomic E-state index is 0.00785. The van der Waals surface area contributed by atoms with Crippen LogP contribution in [0.1, 0.15) is 38.2 Å². The number of aliphatic imine (C=N–C) groups is 2. The van der Waals surface area contributed by atoms with Crippen molar-refractivity contribution in [3.8, 4) is 0 Å². The van der Waals surface area contributed by atoms with Crippen LogP contribution >= 0.6 is 0 Å². The van der Waals surface area contributed by atoms with E-state index in [2.05, 4.69) is 25.9 Å². The molecule has 5 atom stereocenters. The predicted octanol–water partition coefficient (Wildman–Crippen LogP) is -3.42. The van der Waals surface area contributed by atoms with Crippen LogP contribution in [0.15, 0.2) is 40.3 Å². The van der Waals surface area contributed by atoms with E-state index in [1.165, 1.54) is 6.92 Å². The van der Waals surface area contributed by atoms with Crippen LogP contribution in [0.5, 0.6) is 0 Å². The Morgan fingerprint density at radius 1 is 0.805 bits per heavy atom. The van der Waals surface area contributed by atoms with Gasteiger partial charge in [0.1, 0.15) is 18.1 Å². The maximum Gasteiger partial charge on any atom is 0.326 e. The lowest BCUT2D eigenvalue weighted by Crippen LogP contribution is -2.60. The average molecular weight is 579 g/mol. The minimum Gasteiger partial charge on any atom is -0.480 e. The maximum absolute atomic E-state index is 13.3. The molecule has 0 saturated heterocycles. The van der Waals surface area contributed by atoms with Crippen molar-refractivity contribution < 1.29 is 29.4 Å². The molecule has 0 aliphatic heterocycles. The lowest BCUT2D eigenvalue weighted by atomic mass is 10.0. The van der Waals surface area contributed by atoms with Gasteiger partial charge in [0.25, 0.3) is 0 Å². The van der Waals surface area contributed by atoms with E-state index in [-0.39, 0.29) is 50.7 Å². The number of carboxylic acids is 1. The predicted molar refractivity (Wildman–Crippen MR) is 153 cm³/mol. The van der Waals surface area contributed by atoms with Gasteiger partial charge in [-0.25, -0.2) is 4.79 Å². The van der Waals surface area contributed by atoms with E-state index >= 15 is 0 Å². The van der Waals surface area contributed by atoms with Gasteiger partial charge in [0, 0.05) is 19.5 Å². The van der Waals surface area contributed by atoms with Crippen LogP contribution in [0.25, 0.3) is 0 Å². The summed E-state index contributed by atoms with van der Waals surface area (Å²) < 4.78 is 0. The number of benzene rings is 1. The molecule has 41 heavy (non-hydrogen) atoms. The van der Waals surface area contributed by atoms with E-state index in [1.807, 2.05) is 0 Å². The van der Waals surface area contributed by atoms with Crippen molar-refractivity contribution in [2.75, 3.05) is 13.1 Å². The number of hydrogen-bond acceptors (Lipinski definition) is 8. The minimum atomic E-state index is -1.52. The number of aliphatic hydroxyl groups excluding tert-OH is 1. The summed E-state index contributed by atoms with van der Waals surface area (Å²) in [4.78, 5) is 58.3. The van der Waals surface area contributed by atoms with Crippen LogP contribution in [0.2, 0.25) is 0 Å². The maximum atomic E-state index is 13.3. The zero-order valence-corrected chi connectivity index (χ0v) is 23.0. The standard InChI is InChI=1S/C25H42N10O6/c1-14(36)19(22(39)33-17(23(40)41)10-6-12-32-25(29)30)35-21(38)18(13-15-7-3-2-4-8-15)34-20(37)16(26)9-5-11-31-24(27)28/h2-4,7-8,14,16-19,36H,5-6,9-13,26H2,1H3,(H,33,39)(H,34,37)(H,35,38)(H,40,41)(H4,27,28,31)(H4,29,30,32). The number of hydrogen-bond donors (Lipinski definition) is 10. The number of guanidine groups is 2. The van der Waals surface area contributed by atoms with Crippen molar-refractivity contribution in [2.45, 2.75) is 69.3 Å². The summed E-state index contributed by atoms with van der Waals surface area (Å²) in [6, 6.07) is 3.81. The third-order valence-corrected chi connectivity index (χ3v) is 5.84. The van der Waals surface area contributed by atoms with E-state index in [1.54, 1.807) is 30.3 Å². The third-order valence-electron chi connectivity index (χ3n) is 5.84. The average Bonchev–Trinajstić information content (AvgIpc) is 2.90. The Labute approximate surface area is 238 Å². The zero-order chi connectivity index (χ0) is 30.9. The van der Waals surface area contributed by atoms with E-state index < -0.39 is 54.0 Å². The molecule has 1 aromatic carbocycles. The van der Waals surface area contributed by atoms with Crippen LogP contribution in [-0.4, -0.2) is 89.2 Å². The molecule has 5 unspecified atom stereocenters. The Bertz CT molecular complexity index is 1060. The zero-order valence-electron chi connectivity index (χ0n) is 23.0. The second-order valence-corrected chi connectivity index (χ2v) is 9.38. The van der Waals surface area contributed by atoms with Crippen molar-refractivity contribution >= 4 is 35.6 Å². The van der Waals surface area contributed by atoms with Crippen LogP contribution < -0.4 is 44.6 Å². The third kappa shape index (κ3) is 14.0. The van der Waals surface area contributed by atoms with Gasteiger partial charge in [0.05, 0.1) is 12.1 Å². The smallest absolute Gasteiger partial charge is 0.326 e. The fourth-order valence-electron chi connectivity index (χ4n) is 3.67. The van der Waals surface area contributed by atoms with E-state index in [0.717, 1.165) is 0 Å². The molecule has 15 N–H and O–H groups in total. The van der Waals surface area contributed by atoms with Crippen molar-refractivity contribution in [1.82, 2.24) is 16.0 Å². The monoisotopic (exact) mass is 578 g/mol. The molecule has 0 radical (unpaired) electrons. The first-order chi connectivity index (χ1) is 19.3. The number of carbonyl (C=O) groups excluding carboxylic acids is 3. The van der Waals surface area contributed by atoms with Crippen molar-refractivity contribution in [1.29, 1.82) is 0 Å². The highest BCUT2D eigenvalue weighted by Gasteiger charge is 2.32. The molecule has 1 aromatic rings. The molecule has 0 aliphatic rings. The molecule has 0 spiro atoms. The summed E-state index contributed by atoms with van der Waals surface area (Å²) in [5.74, 6) is -3.88. The first kappa shape index (κ1) is 34.6. The Kier molecular flexibility index (Phi) is 15.2. The summed E-state index contributed by atoms with van der Waals surface area (Å²) in [6.07, 6.45) is -0.454. The summed E-state index contributed by atoms with van der Waals surface area (Å²) in [7, 11) is 0. The molecule has 0 aliphatic carbocycles. The summed E-state index contributed by atoms with van der Waals surface area (Å²) >= 11 is 0. The molecular formula is C25H42N10O6. The Morgan fingerprint density at radius 2 is 1.34 bits per heavy atom. The highest BCUT2D eigenvalue weighted by molar-refractivity contribution is 5.94. The molecule has 1 rings (SSSR count). The van der Waals surface area contributed by atoms with Crippen molar-refractivity contribution in [3.05, 3.63) is 35.9 Å².